The highest BCUT2D eigenvalue weighted by atomic mass is 32.2. The lowest BCUT2D eigenvalue weighted by Gasteiger charge is -2.12. The molecule has 1 rings (SSSR count). The van der Waals surface area contributed by atoms with Gasteiger partial charge in [-0.2, -0.15) is 0 Å². The summed E-state index contributed by atoms with van der Waals surface area (Å²) in [4.78, 5) is 0. The van der Waals surface area contributed by atoms with Crippen LogP contribution in [0.3, 0.4) is 0 Å². The molecule has 0 atom stereocenters. The Labute approximate surface area is 109 Å². The van der Waals surface area contributed by atoms with Crippen molar-refractivity contribution in [1.29, 1.82) is 0 Å². The molecular formula is C12H20N2O3S. The minimum absolute atomic E-state index is 0.0642. The zero-order valence-corrected chi connectivity index (χ0v) is 11.6. The standard InChI is InChI=1S/C12H20N2O3S/c1-13-10-11-6-3-4-7-12(11)14-18(15,16)9-5-8-17-2/h3-4,6-7,13-14H,5,8-10H2,1-2H3. The summed E-state index contributed by atoms with van der Waals surface area (Å²) in [6.45, 7) is 1.07. The van der Waals surface area contributed by atoms with Crippen molar-refractivity contribution in [1.82, 2.24) is 5.32 Å². The van der Waals surface area contributed by atoms with Crippen LogP contribution in [0.1, 0.15) is 12.0 Å². The number of para-hydroxylation sites is 1. The first-order chi connectivity index (χ1) is 8.59. The number of benzene rings is 1. The number of ether oxygens (including phenoxy) is 1. The van der Waals surface area contributed by atoms with Crippen LogP contribution >= 0.6 is 0 Å². The summed E-state index contributed by atoms with van der Waals surface area (Å²) >= 11 is 0. The Bertz CT molecular complexity index is 460. The summed E-state index contributed by atoms with van der Waals surface area (Å²) in [6.07, 6.45) is 0.486. The van der Waals surface area contributed by atoms with Crippen LogP contribution in [-0.4, -0.2) is 34.9 Å². The largest absolute Gasteiger partial charge is 0.385 e. The molecule has 102 valence electrons. The highest BCUT2D eigenvalue weighted by Crippen LogP contribution is 2.16. The number of hydrogen-bond acceptors (Lipinski definition) is 4. The fourth-order valence-corrected chi connectivity index (χ4v) is 2.71. The summed E-state index contributed by atoms with van der Waals surface area (Å²) in [5.74, 6) is 0.0642. The van der Waals surface area contributed by atoms with Crippen LogP contribution in [0.4, 0.5) is 5.69 Å². The van der Waals surface area contributed by atoms with Crippen LogP contribution in [0.25, 0.3) is 0 Å². The van der Waals surface area contributed by atoms with Crippen LogP contribution in [-0.2, 0) is 21.3 Å². The molecule has 0 spiro atoms. The topological polar surface area (TPSA) is 67.4 Å². The van der Waals surface area contributed by atoms with Gasteiger partial charge in [-0.1, -0.05) is 18.2 Å². The van der Waals surface area contributed by atoms with Crippen molar-refractivity contribution in [2.45, 2.75) is 13.0 Å². The maximum atomic E-state index is 11.8. The van der Waals surface area contributed by atoms with E-state index in [1.165, 1.54) is 0 Å². The molecule has 2 N–H and O–H groups in total. The Kier molecular flexibility index (Phi) is 6.11. The third kappa shape index (κ3) is 5.03. The number of anilines is 1. The molecule has 0 aliphatic heterocycles. The van der Waals surface area contributed by atoms with E-state index in [2.05, 4.69) is 10.0 Å². The van der Waals surface area contributed by atoms with Crippen molar-refractivity contribution in [3.8, 4) is 0 Å². The summed E-state index contributed by atoms with van der Waals surface area (Å²) in [5.41, 5.74) is 1.56. The van der Waals surface area contributed by atoms with E-state index in [1.54, 1.807) is 13.2 Å². The fraction of sp³-hybridized carbons (Fsp3) is 0.500. The van der Waals surface area contributed by atoms with Gasteiger partial charge in [-0.15, -0.1) is 0 Å². The molecular weight excluding hydrogens is 252 g/mol. The zero-order valence-electron chi connectivity index (χ0n) is 10.8. The molecule has 18 heavy (non-hydrogen) atoms. The molecule has 0 radical (unpaired) electrons. The third-order valence-electron chi connectivity index (χ3n) is 2.41. The van der Waals surface area contributed by atoms with Gasteiger partial charge in [0, 0.05) is 20.3 Å². The molecule has 0 aromatic heterocycles. The minimum Gasteiger partial charge on any atom is -0.385 e. The van der Waals surface area contributed by atoms with E-state index in [-0.39, 0.29) is 5.75 Å². The van der Waals surface area contributed by atoms with E-state index in [9.17, 15) is 8.42 Å². The molecule has 0 aliphatic carbocycles. The molecule has 0 aliphatic rings. The van der Waals surface area contributed by atoms with Crippen molar-refractivity contribution >= 4 is 15.7 Å². The maximum Gasteiger partial charge on any atom is 0.232 e. The van der Waals surface area contributed by atoms with Gasteiger partial charge in [0.1, 0.15) is 0 Å². The van der Waals surface area contributed by atoms with Gasteiger partial charge in [0.2, 0.25) is 10.0 Å². The minimum atomic E-state index is -3.31. The molecule has 0 saturated carbocycles. The summed E-state index contributed by atoms with van der Waals surface area (Å²) < 4.78 is 31.1. The highest BCUT2D eigenvalue weighted by Gasteiger charge is 2.11. The van der Waals surface area contributed by atoms with Gasteiger partial charge < -0.3 is 10.1 Å². The zero-order chi connectivity index (χ0) is 13.4. The van der Waals surface area contributed by atoms with Gasteiger partial charge in [-0.05, 0) is 25.1 Å². The smallest absolute Gasteiger partial charge is 0.232 e. The average Bonchev–Trinajstić information content (AvgIpc) is 2.32. The molecule has 1 aromatic rings. The van der Waals surface area contributed by atoms with Gasteiger partial charge >= 0.3 is 0 Å². The first-order valence-electron chi connectivity index (χ1n) is 5.81. The van der Waals surface area contributed by atoms with Gasteiger partial charge in [-0.25, -0.2) is 8.42 Å². The molecule has 6 heteroatoms. The van der Waals surface area contributed by atoms with Gasteiger partial charge in [0.15, 0.2) is 0 Å². The summed E-state index contributed by atoms with van der Waals surface area (Å²) in [5, 5.41) is 3.01. The second-order valence-electron chi connectivity index (χ2n) is 3.95. The Morgan fingerprint density at radius 3 is 2.67 bits per heavy atom. The average molecular weight is 272 g/mol. The predicted molar refractivity (Wildman–Crippen MR) is 73.1 cm³/mol. The second kappa shape index (κ2) is 7.35. The molecule has 5 nitrogen and oxygen atoms in total. The number of rotatable bonds is 8. The highest BCUT2D eigenvalue weighted by molar-refractivity contribution is 7.92. The van der Waals surface area contributed by atoms with Crippen LogP contribution in [0.15, 0.2) is 24.3 Å². The number of nitrogens with one attached hydrogen (secondary N) is 2. The Hall–Kier alpha value is -1.11. The van der Waals surface area contributed by atoms with E-state index in [0.717, 1.165) is 5.56 Å². The lowest BCUT2D eigenvalue weighted by molar-refractivity contribution is 0.199. The first-order valence-corrected chi connectivity index (χ1v) is 7.46. The van der Waals surface area contributed by atoms with E-state index in [0.29, 0.717) is 25.3 Å². The maximum absolute atomic E-state index is 11.8. The van der Waals surface area contributed by atoms with Crippen LogP contribution in [0.2, 0.25) is 0 Å². The van der Waals surface area contributed by atoms with Crippen molar-refractivity contribution in [2.24, 2.45) is 0 Å². The molecule has 1 aromatic carbocycles. The van der Waals surface area contributed by atoms with Crippen molar-refractivity contribution in [3.63, 3.8) is 0 Å². The summed E-state index contributed by atoms with van der Waals surface area (Å²) in [7, 11) is 0.0756. The normalized spacial score (nSPS) is 11.4. The monoisotopic (exact) mass is 272 g/mol. The molecule has 0 heterocycles. The molecule has 0 amide bonds. The Balaban J connectivity index is 2.71. The van der Waals surface area contributed by atoms with Crippen molar-refractivity contribution in [2.75, 3.05) is 31.2 Å². The fourth-order valence-electron chi connectivity index (χ4n) is 1.58. The molecule has 0 bridgehead atoms. The first kappa shape index (κ1) is 14.9. The van der Waals surface area contributed by atoms with E-state index in [4.69, 9.17) is 4.74 Å². The number of sulfonamides is 1. The van der Waals surface area contributed by atoms with E-state index in [1.807, 2.05) is 25.2 Å². The Morgan fingerprint density at radius 2 is 2.00 bits per heavy atom. The van der Waals surface area contributed by atoms with Crippen molar-refractivity contribution in [3.05, 3.63) is 29.8 Å². The lowest BCUT2D eigenvalue weighted by Crippen LogP contribution is -2.19. The third-order valence-corrected chi connectivity index (χ3v) is 3.77. The number of methoxy groups -OCH3 is 1. The van der Waals surface area contributed by atoms with Gasteiger partial charge in [0.25, 0.3) is 0 Å². The van der Waals surface area contributed by atoms with Crippen LogP contribution in [0, 0.1) is 0 Å². The predicted octanol–water partition coefficient (Wildman–Crippen LogP) is 1.18. The molecule has 0 saturated heterocycles. The van der Waals surface area contributed by atoms with Gasteiger partial charge in [0.05, 0.1) is 11.4 Å². The van der Waals surface area contributed by atoms with Crippen molar-refractivity contribution < 1.29 is 13.2 Å². The van der Waals surface area contributed by atoms with Crippen LogP contribution < -0.4 is 10.0 Å². The second-order valence-corrected chi connectivity index (χ2v) is 5.80. The quantitative estimate of drug-likeness (QED) is 0.697. The van der Waals surface area contributed by atoms with E-state index < -0.39 is 10.0 Å². The Morgan fingerprint density at radius 1 is 1.28 bits per heavy atom. The summed E-state index contributed by atoms with van der Waals surface area (Å²) in [6, 6.07) is 7.35. The van der Waals surface area contributed by atoms with Crippen LogP contribution in [0.5, 0.6) is 0 Å². The van der Waals surface area contributed by atoms with E-state index >= 15 is 0 Å². The SMILES string of the molecule is CNCc1ccccc1NS(=O)(=O)CCCOC. The van der Waals surface area contributed by atoms with Gasteiger partial charge in [-0.3, -0.25) is 4.72 Å². The molecule has 0 fully saturated rings. The lowest BCUT2D eigenvalue weighted by atomic mass is 10.2. The number of hydrogen-bond donors (Lipinski definition) is 2. The molecule has 0 unspecified atom stereocenters.